The number of carbonyl (C=O) groups excluding carboxylic acids is 1. The van der Waals surface area contributed by atoms with Gasteiger partial charge in [-0.1, -0.05) is 12.1 Å². The van der Waals surface area contributed by atoms with Crippen molar-refractivity contribution in [2.45, 2.75) is 33.1 Å². The summed E-state index contributed by atoms with van der Waals surface area (Å²) in [5, 5.41) is 9.15. The SMILES string of the molecule is Cc1ccc(-c2csc(NC(=O)C3CC34CCNCC4)n2)cc1C. The van der Waals surface area contributed by atoms with Gasteiger partial charge in [-0.15, -0.1) is 11.3 Å². The first-order valence-electron chi connectivity index (χ1n) is 8.62. The molecule has 1 saturated heterocycles. The Bertz CT molecular complexity index is 777. The van der Waals surface area contributed by atoms with Crippen LogP contribution in [0.3, 0.4) is 0 Å². The van der Waals surface area contributed by atoms with E-state index in [1.54, 1.807) is 0 Å². The van der Waals surface area contributed by atoms with E-state index in [2.05, 4.69) is 47.7 Å². The van der Waals surface area contributed by atoms with E-state index in [4.69, 9.17) is 0 Å². The fraction of sp³-hybridized carbons (Fsp3) is 0.474. The summed E-state index contributed by atoms with van der Waals surface area (Å²) in [6.07, 6.45) is 3.28. The first-order chi connectivity index (χ1) is 11.6. The molecule has 0 radical (unpaired) electrons. The molecule has 2 N–H and O–H groups in total. The largest absolute Gasteiger partial charge is 0.317 e. The van der Waals surface area contributed by atoms with Crippen LogP contribution in [0.15, 0.2) is 23.6 Å². The third kappa shape index (κ3) is 2.87. The molecule has 1 aliphatic carbocycles. The average Bonchev–Trinajstić information content (AvgIpc) is 3.06. The molecule has 1 aromatic carbocycles. The number of aromatic nitrogens is 1. The van der Waals surface area contributed by atoms with E-state index in [1.807, 2.05) is 5.38 Å². The van der Waals surface area contributed by atoms with Crippen LogP contribution in [0.4, 0.5) is 5.13 Å². The monoisotopic (exact) mass is 341 g/mol. The van der Waals surface area contributed by atoms with Crippen LogP contribution >= 0.6 is 11.3 Å². The number of nitrogens with zero attached hydrogens (tertiary/aromatic N) is 1. The maximum atomic E-state index is 12.5. The van der Waals surface area contributed by atoms with Gasteiger partial charge in [0.1, 0.15) is 0 Å². The van der Waals surface area contributed by atoms with Crippen molar-refractivity contribution in [1.82, 2.24) is 10.3 Å². The predicted octanol–water partition coefficient (Wildman–Crippen LogP) is 3.76. The van der Waals surface area contributed by atoms with Gasteiger partial charge in [-0.05, 0) is 68.8 Å². The molecule has 1 atom stereocenters. The molecule has 2 fully saturated rings. The zero-order valence-corrected chi connectivity index (χ0v) is 15.0. The predicted molar refractivity (Wildman–Crippen MR) is 98.3 cm³/mol. The maximum Gasteiger partial charge on any atom is 0.229 e. The summed E-state index contributed by atoms with van der Waals surface area (Å²) in [6, 6.07) is 6.36. The van der Waals surface area contributed by atoms with E-state index in [1.165, 1.54) is 22.5 Å². The van der Waals surface area contributed by atoms with Crippen LogP contribution in [0.5, 0.6) is 0 Å². The van der Waals surface area contributed by atoms with Gasteiger partial charge in [0.25, 0.3) is 0 Å². The molecule has 4 rings (SSSR count). The number of nitrogens with one attached hydrogen (secondary N) is 2. The standard InChI is InChI=1S/C19H23N3OS/c1-12-3-4-14(9-13(12)2)16-11-24-18(21-16)22-17(23)15-10-19(15)5-7-20-8-6-19/h3-4,9,11,15,20H,5-8,10H2,1-2H3,(H,21,22,23). The number of benzene rings is 1. The van der Waals surface area contributed by atoms with E-state index in [0.29, 0.717) is 5.13 Å². The van der Waals surface area contributed by atoms with Crippen molar-refractivity contribution in [3.05, 3.63) is 34.7 Å². The Kier molecular flexibility index (Phi) is 3.93. The van der Waals surface area contributed by atoms with Crippen LogP contribution in [-0.4, -0.2) is 24.0 Å². The number of aryl methyl sites for hydroxylation is 2. The molecule has 0 bridgehead atoms. The lowest BCUT2D eigenvalue weighted by Gasteiger charge is -2.22. The van der Waals surface area contributed by atoms with Gasteiger partial charge in [0.15, 0.2) is 5.13 Å². The van der Waals surface area contributed by atoms with Crippen LogP contribution in [0.25, 0.3) is 11.3 Å². The van der Waals surface area contributed by atoms with Gasteiger partial charge < -0.3 is 10.6 Å². The van der Waals surface area contributed by atoms with Gasteiger partial charge in [0, 0.05) is 16.9 Å². The highest BCUT2D eigenvalue weighted by Gasteiger charge is 2.57. The van der Waals surface area contributed by atoms with Gasteiger partial charge in [-0.25, -0.2) is 4.98 Å². The van der Waals surface area contributed by atoms with E-state index in [0.717, 1.165) is 43.6 Å². The highest BCUT2D eigenvalue weighted by Crippen LogP contribution is 2.58. The quantitative estimate of drug-likeness (QED) is 0.894. The van der Waals surface area contributed by atoms with Crippen LogP contribution in [0.1, 0.15) is 30.4 Å². The molecule has 1 amide bonds. The second kappa shape index (κ2) is 5.97. The molecule has 1 aromatic heterocycles. The van der Waals surface area contributed by atoms with Crippen LogP contribution in [0.2, 0.25) is 0 Å². The molecular weight excluding hydrogens is 318 g/mol. The van der Waals surface area contributed by atoms with Crippen molar-refractivity contribution in [3.8, 4) is 11.3 Å². The molecule has 2 aromatic rings. The molecule has 1 unspecified atom stereocenters. The summed E-state index contributed by atoms with van der Waals surface area (Å²) in [7, 11) is 0. The normalized spacial score (nSPS) is 21.7. The van der Waals surface area contributed by atoms with Gasteiger partial charge in [-0.3, -0.25) is 4.79 Å². The molecule has 1 spiro atoms. The Hall–Kier alpha value is -1.72. The molecule has 2 aliphatic rings. The summed E-state index contributed by atoms with van der Waals surface area (Å²) >= 11 is 1.51. The maximum absolute atomic E-state index is 12.5. The van der Waals surface area contributed by atoms with Gasteiger partial charge >= 0.3 is 0 Å². The fourth-order valence-electron chi connectivity index (χ4n) is 3.75. The Morgan fingerprint density at radius 1 is 1.29 bits per heavy atom. The highest BCUT2D eigenvalue weighted by atomic mass is 32.1. The topological polar surface area (TPSA) is 54.0 Å². The minimum absolute atomic E-state index is 0.151. The third-order valence-electron chi connectivity index (χ3n) is 5.64. The first kappa shape index (κ1) is 15.8. The van der Waals surface area contributed by atoms with E-state index in [-0.39, 0.29) is 17.2 Å². The molecule has 2 heterocycles. The highest BCUT2D eigenvalue weighted by molar-refractivity contribution is 7.14. The van der Waals surface area contributed by atoms with Crippen molar-refractivity contribution in [2.75, 3.05) is 18.4 Å². The zero-order valence-electron chi connectivity index (χ0n) is 14.2. The lowest BCUT2D eigenvalue weighted by Crippen LogP contribution is -2.31. The molecule has 1 saturated carbocycles. The summed E-state index contributed by atoms with van der Waals surface area (Å²) in [6.45, 7) is 6.30. The number of rotatable bonds is 3. The van der Waals surface area contributed by atoms with Crippen molar-refractivity contribution < 1.29 is 4.79 Å². The molecule has 4 nitrogen and oxygen atoms in total. The average molecular weight is 341 g/mol. The minimum atomic E-state index is 0.151. The number of carbonyl (C=O) groups is 1. The summed E-state index contributed by atoms with van der Waals surface area (Å²) < 4.78 is 0. The smallest absolute Gasteiger partial charge is 0.229 e. The Morgan fingerprint density at radius 2 is 2.08 bits per heavy atom. The van der Waals surface area contributed by atoms with Crippen LogP contribution in [-0.2, 0) is 4.79 Å². The summed E-state index contributed by atoms with van der Waals surface area (Å²) in [4.78, 5) is 17.1. The van der Waals surface area contributed by atoms with Gasteiger partial charge in [-0.2, -0.15) is 0 Å². The number of hydrogen-bond donors (Lipinski definition) is 2. The number of thiazole rings is 1. The third-order valence-corrected chi connectivity index (χ3v) is 6.40. The number of piperidine rings is 1. The Balaban J connectivity index is 1.44. The van der Waals surface area contributed by atoms with E-state index >= 15 is 0 Å². The van der Waals surface area contributed by atoms with Crippen molar-refractivity contribution in [1.29, 1.82) is 0 Å². The van der Waals surface area contributed by atoms with E-state index < -0.39 is 0 Å². The first-order valence-corrected chi connectivity index (χ1v) is 9.50. The minimum Gasteiger partial charge on any atom is -0.317 e. The van der Waals surface area contributed by atoms with Gasteiger partial charge in [0.05, 0.1) is 5.69 Å². The summed E-state index contributed by atoms with van der Waals surface area (Å²) in [5.41, 5.74) is 4.85. The number of hydrogen-bond acceptors (Lipinski definition) is 4. The van der Waals surface area contributed by atoms with Crippen molar-refractivity contribution in [2.24, 2.45) is 11.3 Å². The molecule has 126 valence electrons. The second-order valence-corrected chi connectivity index (χ2v) is 8.05. The van der Waals surface area contributed by atoms with Crippen LogP contribution in [0, 0.1) is 25.2 Å². The molecule has 5 heteroatoms. The summed E-state index contributed by atoms with van der Waals surface area (Å²) in [5.74, 6) is 0.325. The lowest BCUT2D eigenvalue weighted by molar-refractivity contribution is -0.118. The Morgan fingerprint density at radius 3 is 2.83 bits per heavy atom. The lowest BCUT2D eigenvalue weighted by atomic mass is 9.92. The van der Waals surface area contributed by atoms with Crippen molar-refractivity contribution >= 4 is 22.4 Å². The van der Waals surface area contributed by atoms with E-state index in [9.17, 15) is 4.79 Å². The molecule has 24 heavy (non-hydrogen) atoms. The van der Waals surface area contributed by atoms with Crippen LogP contribution < -0.4 is 10.6 Å². The Labute approximate surface area is 146 Å². The number of anilines is 1. The zero-order chi connectivity index (χ0) is 16.7. The molecule has 1 aliphatic heterocycles. The second-order valence-electron chi connectivity index (χ2n) is 7.20. The molecular formula is C19H23N3OS. The number of amides is 1. The van der Waals surface area contributed by atoms with Gasteiger partial charge in [0.2, 0.25) is 5.91 Å². The fourth-order valence-corrected chi connectivity index (χ4v) is 4.48. The van der Waals surface area contributed by atoms with Crippen molar-refractivity contribution in [3.63, 3.8) is 0 Å².